The van der Waals surface area contributed by atoms with Crippen molar-refractivity contribution in [2.24, 2.45) is 0 Å². The fourth-order valence-corrected chi connectivity index (χ4v) is 2.20. The fourth-order valence-electron chi connectivity index (χ4n) is 2.20. The number of H-pyrrole nitrogens is 1. The zero-order chi connectivity index (χ0) is 11.4. The van der Waals surface area contributed by atoms with E-state index in [1.165, 1.54) is 6.07 Å². The molecule has 1 fully saturated rings. The second-order valence-corrected chi connectivity index (χ2v) is 4.02. The molecule has 5 nitrogen and oxygen atoms in total. The van der Waals surface area contributed by atoms with Crippen molar-refractivity contribution in [1.29, 1.82) is 0 Å². The second kappa shape index (κ2) is 5.12. The van der Waals surface area contributed by atoms with Crippen LogP contribution in [0.5, 0.6) is 0 Å². The minimum Gasteiger partial charge on any atom is -0.340 e. The molecule has 2 rings (SSSR count). The van der Waals surface area contributed by atoms with Gasteiger partial charge in [-0.25, -0.2) is 4.98 Å². The Balaban J connectivity index is 2.17. The third-order valence-electron chi connectivity index (χ3n) is 3.02. The number of piperidine rings is 1. The summed E-state index contributed by atoms with van der Waals surface area (Å²) in [6, 6.07) is 1.93. The molecule has 1 aliphatic rings. The van der Waals surface area contributed by atoms with Gasteiger partial charge in [0.1, 0.15) is 0 Å². The quantitative estimate of drug-likeness (QED) is 0.774. The van der Waals surface area contributed by atoms with Gasteiger partial charge in [-0.15, -0.1) is 0 Å². The van der Waals surface area contributed by atoms with Gasteiger partial charge in [-0.1, -0.05) is 0 Å². The molecule has 0 unspecified atom stereocenters. The first kappa shape index (κ1) is 11.1. The molecule has 0 saturated carbocycles. The Morgan fingerprint density at radius 3 is 2.88 bits per heavy atom. The van der Waals surface area contributed by atoms with Gasteiger partial charge in [0.25, 0.3) is 5.56 Å². The Labute approximate surface area is 94.9 Å². The fraction of sp³-hybridized carbons (Fsp3) is 0.636. The van der Waals surface area contributed by atoms with E-state index in [0.717, 1.165) is 32.5 Å². The molecule has 2 heterocycles. The van der Waals surface area contributed by atoms with Crippen LogP contribution in [0.25, 0.3) is 0 Å². The van der Waals surface area contributed by atoms with Crippen LogP contribution in [-0.2, 0) is 0 Å². The van der Waals surface area contributed by atoms with E-state index >= 15 is 0 Å². The van der Waals surface area contributed by atoms with E-state index in [2.05, 4.69) is 27.1 Å². The van der Waals surface area contributed by atoms with E-state index < -0.39 is 0 Å². The van der Waals surface area contributed by atoms with Crippen LogP contribution in [-0.4, -0.2) is 35.6 Å². The Hall–Kier alpha value is -1.36. The molecule has 0 aliphatic carbocycles. The Morgan fingerprint density at radius 2 is 2.25 bits per heavy atom. The maximum Gasteiger partial charge on any atom is 0.252 e. The standard InChI is InChI=1S/C11H18N4O/c1-2-15(9-3-6-12-7-4-9)11-13-8-5-10(16)14-11/h5,8-9,12H,2-4,6-7H2,1H3,(H,13,14,16). The van der Waals surface area contributed by atoms with Crippen molar-refractivity contribution in [2.45, 2.75) is 25.8 Å². The lowest BCUT2D eigenvalue weighted by Gasteiger charge is -2.34. The predicted molar refractivity (Wildman–Crippen MR) is 63.8 cm³/mol. The highest BCUT2D eigenvalue weighted by molar-refractivity contribution is 5.30. The molecule has 5 heteroatoms. The summed E-state index contributed by atoms with van der Waals surface area (Å²) in [6.07, 6.45) is 3.77. The lowest BCUT2D eigenvalue weighted by atomic mass is 10.1. The van der Waals surface area contributed by atoms with Gasteiger partial charge in [-0.3, -0.25) is 9.78 Å². The van der Waals surface area contributed by atoms with Crippen LogP contribution in [0.4, 0.5) is 5.95 Å². The average molecular weight is 222 g/mol. The van der Waals surface area contributed by atoms with Crippen molar-refractivity contribution < 1.29 is 0 Å². The topological polar surface area (TPSA) is 61.0 Å². The first-order valence-corrected chi connectivity index (χ1v) is 5.84. The maximum atomic E-state index is 11.3. The van der Waals surface area contributed by atoms with Crippen LogP contribution in [0.2, 0.25) is 0 Å². The minimum absolute atomic E-state index is 0.0858. The second-order valence-electron chi connectivity index (χ2n) is 4.02. The number of anilines is 1. The first-order chi connectivity index (χ1) is 7.81. The largest absolute Gasteiger partial charge is 0.340 e. The van der Waals surface area contributed by atoms with Gasteiger partial charge >= 0.3 is 0 Å². The summed E-state index contributed by atoms with van der Waals surface area (Å²) in [6.45, 7) is 5.04. The van der Waals surface area contributed by atoms with Crippen molar-refractivity contribution in [3.8, 4) is 0 Å². The van der Waals surface area contributed by atoms with E-state index in [9.17, 15) is 4.79 Å². The van der Waals surface area contributed by atoms with Crippen molar-refractivity contribution in [2.75, 3.05) is 24.5 Å². The molecule has 1 aromatic rings. The van der Waals surface area contributed by atoms with Gasteiger partial charge in [0.05, 0.1) is 0 Å². The van der Waals surface area contributed by atoms with E-state index in [0.29, 0.717) is 12.0 Å². The van der Waals surface area contributed by atoms with Gasteiger partial charge in [-0.05, 0) is 32.9 Å². The molecule has 88 valence electrons. The number of nitrogens with one attached hydrogen (secondary N) is 2. The van der Waals surface area contributed by atoms with Gasteiger partial charge in [0, 0.05) is 24.8 Å². The summed E-state index contributed by atoms with van der Waals surface area (Å²) >= 11 is 0. The highest BCUT2D eigenvalue weighted by Crippen LogP contribution is 2.15. The Bertz CT molecular complexity index is 384. The summed E-state index contributed by atoms with van der Waals surface area (Å²) in [4.78, 5) is 20.5. The normalized spacial score (nSPS) is 17.3. The summed E-state index contributed by atoms with van der Waals surface area (Å²) in [5, 5.41) is 3.34. The number of aromatic nitrogens is 2. The van der Waals surface area contributed by atoms with Crippen molar-refractivity contribution in [3.05, 3.63) is 22.6 Å². The molecule has 0 aromatic carbocycles. The molecule has 0 radical (unpaired) electrons. The first-order valence-electron chi connectivity index (χ1n) is 5.84. The van der Waals surface area contributed by atoms with Gasteiger partial charge in [-0.2, -0.15) is 0 Å². The molecule has 0 spiro atoms. The highest BCUT2D eigenvalue weighted by atomic mass is 16.1. The maximum absolute atomic E-state index is 11.3. The molecule has 1 aromatic heterocycles. The van der Waals surface area contributed by atoms with E-state index in [1.54, 1.807) is 6.20 Å². The van der Waals surface area contributed by atoms with Crippen LogP contribution in [0, 0.1) is 0 Å². The SMILES string of the molecule is CCN(c1nccc(=O)[nH]1)C1CCNCC1. The summed E-state index contributed by atoms with van der Waals surface area (Å²) in [5.74, 6) is 0.696. The Kier molecular flexibility index (Phi) is 3.56. The molecule has 1 aliphatic heterocycles. The van der Waals surface area contributed by atoms with Gasteiger partial charge < -0.3 is 10.2 Å². The lowest BCUT2D eigenvalue weighted by Crippen LogP contribution is -2.44. The molecular formula is C11H18N4O. The molecular weight excluding hydrogens is 204 g/mol. The molecule has 0 amide bonds. The van der Waals surface area contributed by atoms with Crippen LogP contribution >= 0.6 is 0 Å². The van der Waals surface area contributed by atoms with E-state index in [4.69, 9.17) is 0 Å². The number of hydrogen-bond donors (Lipinski definition) is 2. The van der Waals surface area contributed by atoms with Crippen LogP contribution < -0.4 is 15.8 Å². The molecule has 2 N–H and O–H groups in total. The molecule has 0 bridgehead atoms. The van der Waals surface area contributed by atoms with Crippen molar-refractivity contribution in [3.63, 3.8) is 0 Å². The zero-order valence-electron chi connectivity index (χ0n) is 9.57. The summed E-state index contributed by atoms with van der Waals surface area (Å²) in [7, 11) is 0. The van der Waals surface area contributed by atoms with Gasteiger partial charge in [0.15, 0.2) is 0 Å². The smallest absolute Gasteiger partial charge is 0.252 e. The number of aromatic amines is 1. The highest BCUT2D eigenvalue weighted by Gasteiger charge is 2.21. The number of hydrogen-bond acceptors (Lipinski definition) is 4. The zero-order valence-corrected chi connectivity index (χ0v) is 9.57. The third kappa shape index (κ3) is 2.41. The average Bonchev–Trinajstić information content (AvgIpc) is 2.31. The lowest BCUT2D eigenvalue weighted by molar-refractivity contribution is 0.429. The molecule has 0 atom stereocenters. The molecule has 16 heavy (non-hydrogen) atoms. The number of nitrogens with zero attached hydrogens (tertiary/aromatic N) is 2. The molecule has 1 saturated heterocycles. The third-order valence-corrected chi connectivity index (χ3v) is 3.02. The monoisotopic (exact) mass is 222 g/mol. The minimum atomic E-state index is -0.0858. The number of rotatable bonds is 3. The van der Waals surface area contributed by atoms with Crippen molar-refractivity contribution in [1.82, 2.24) is 15.3 Å². The van der Waals surface area contributed by atoms with E-state index in [-0.39, 0.29) is 5.56 Å². The van der Waals surface area contributed by atoms with E-state index in [1.807, 2.05) is 0 Å². The summed E-state index contributed by atoms with van der Waals surface area (Å²) in [5.41, 5.74) is -0.0858. The van der Waals surface area contributed by atoms with Crippen LogP contribution in [0.1, 0.15) is 19.8 Å². The Morgan fingerprint density at radius 1 is 1.50 bits per heavy atom. The van der Waals surface area contributed by atoms with Crippen LogP contribution in [0.3, 0.4) is 0 Å². The van der Waals surface area contributed by atoms with Gasteiger partial charge in [0.2, 0.25) is 5.95 Å². The summed E-state index contributed by atoms with van der Waals surface area (Å²) < 4.78 is 0. The van der Waals surface area contributed by atoms with Crippen molar-refractivity contribution >= 4 is 5.95 Å². The predicted octanol–water partition coefficient (Wildman–Crippen LogP) is 0.348. The van der Waals surface area contributed by atoms with Crippen LogP contribution in [0.15, 0.2) is 17.1 Å².